The first-order valence-electron chi connectivity index (χ1n) is 26.2. The second kappa shape index (κ2) is 39.0. The fraction of sp³-hybridized carbons (Fsp3) is 0.865. The van der Waals surface area contributed by atoms with Crippen LogP contribution in [0.1, 0.15) is 194 Å². The van der Waals surface area contributed by atoms with Gasteiger partial charge in [0.2, 0.25) is 5.91 Å². The van der Waals surface area contributed by atoms with Gasteiger partial charge in [0.25, 0.3) is 0 Å². The maximum Gasteiger partial charge on any atom is 0.220 e. The molecular weight excluding hydrogens is 847 g/mol. The maximum atomic E-state index is 13.2. The zero-order valence-corrected chi connectivity index (χ0v) is 40.9. The van der Waals surface area contributed by atoms with Crippen molar-refractivity contribution in [2.75, 3.05) is 19.8 Å². The van der Waals surface area contributed by atoms with Crippen LogP contribution in [0.5, 0.6) is 0 Å². The van der Waals surface area contributed by atoms with Gasteiger partial charge in [0.15, 0.2) is 12.6 Å². The molecule has 2 rings (SSSR count). The molecule has 14 nitrogen and oxygen atoms in total. The molecule has 2 aliphatic heterocycles. The molecule has 2 aliphatic rings. The first-order valence-corrected chi connectivity index (χ1v) is 26.2. The van der Waals surface area contributed by atoms with E-state index in [1.807, 2.05) is 6.08 Å². The molecule has 0 saturated carbocycles. The van der Waals surface area contributed by atoms with E-state index in [1.165, 1.54) is 116 Å². The van der Waals surface area contributed by atoms with Gasteiger partial charge in [0, 0.05) is 6.42 Å². The minimum atomic E-state index is -1.79. The monoisotopic (exact) mass is 942 g/mol. The molecular formula is C52H95NO13. The van der Waals surface area contributed by atoms with Crippen LogP contribution >= 0.6 is 0 Å². The van der Waals surface area contributed by atoms with Gasteiger partial charge >= 0.3 is 0 Å². The number of hydrogen-bond donors (Lipinski definition) is 9. The van der Waals surface area contributed by atoms with E-state index in [2.05, 4.69) is 43.5 Å². The number of allylic oxidation sites excluding steroid dienone is 5. The SMILES string of the molecule is CCCCCCCC/C=C/CC/C=C/CC/C=C/C(O)C(COC1OC(CO)C(OC2OC(CO)C(O)C(O)C2O)C(O)C1O)NC(=O)CCCCCCCCCCCCCCCCCC. The van der Waals surface area contributed by atoms with Gasteiger partial charge < -0.3 is 65.1 Å². The van der Waals surface area contributed by atoms with Crippen LogP contribution in [-0.4, -0.2) is 140 Å². The van der Waals surface area contributed by atoms with Gasteiger partial charge in [-0.1, -0.05) is 179 Å². The Balaban J connectivity index is 1.86. The summed E-state index contributed by atoms with van der Waals surface area (Å²) in [7, 11) is 0. The number of carbonyl (C=O) groups is 1. The van der Waals surface area contributed by atoms with E-state index in [9.17, 15) is 45.6 Å². The van der Waals surface area contributed by atoms with Crippen molar-refractivity contribution in [3.8, 4) is 0 Å². The summed E-state index contributed by atoms with van der Waals surface area (Å²) >= 11 is 0. The maximum absolute atomic E-state index is 13.2. The first-order chi connectivity index (χ1) is 32.1. The summed E-state index contributed by atoms with van der Waals surface area (Å²) in [6, 6.07) is -0.933. The van der Waals surface area contributed by atoms with Crippen molar-refractivity contribution in [1.82, 2.24) is 5.32 Å². The van der Waals surface area contributed by atoms with Crippen LogP contribution in [0.3, 0.4) is 0 Å². The predicted octanol–water partition coefficient (Wildman–Crippen LogP) is 7.10. The highest BCUT2D eigenvalue weighted by molar-refractivity contribution is 5.76. The van der Waals surface area contributed by atoms with Gasteiger partial charge in [-0.05, 0) is 44.9 Å². The number of carbonyl (C=O) groups excluding carboxylic acids is 1. The van der Waals surface area contributed by atoms with Gasteiger partial charge in [-0.25, -0.2) is 0 Å². The summed E-state index contributed by atoms with van der Waals surface area (Å²) in [5.41, 5.74) is 0. The molecule has 0 aromatic heterocycles. The van der Waals surface area contributed by atoms with Gasteiger partial charge in [-0.3, -0.25) is 4.79 Å². The molecule has 0 aromatic rings. The lowest BCUT2D eigenvalue weighted by Gasteiger charge is -2.46. The van der Waals surface area contributed by atoms with E-state index in [0.29, 0.717) is 12.8 Å². The Morgan fingerprint density at radius 3 is 1.48 bits per heavy atom. The largest absolute Gasteiger partial charge is 0.394 e. The fourth-order valence-corrected chi connectivity index (χ4v) is 8.50. The molecule has 2 saturated heterocycles. The molecule has 0 aromatic carbocycles. The highest BCUT2D eigenvalue weighted by atomic mass is 16.7. The normalized spacial score (nSPS) is 27.1. The number of hydrogen-bond acceptors (Lipinski definition) is 13. The van der Waals surface area contributed by atoms with Gasteiger partial charge in [0.05, 0.1) is 32.0 Å². The average Bonchev–Trinajstić information content (AvgIpc) is 3.31. The van der Waals surface area contributed by atoms with Crippen LogP contribution in [0.25, 0.3) is 0 Å². The summed E-state index contributed by atoms with van der Waals surface area (Å²) in [4.78, 5) is 13.2. The molecule has 12 unspecified atom stereocenters. The Morgan fingerprint density at radius 2 is 0.970 bits per heavy atom. The summed E-state index contributed by atoms with van der Waals surface area (Å²) in [5.74, 6) is -0.253. The topological polar surface area (TPSA) is 228 Å². The highest BCUT2D eigenvalue weighted by Gasteiger charge is 2.51. The van der Waals surface area contributed by atoms with E-state index >= 15 is 0 Å². The molecule has 66 heavy (non-hydrogen) atoms. The number of rotatable bonds is 40. The van der Waals surface area contributed by atoms with Crippen molar-refractivity contribution in [1.29, 1.82) is 0 Å². The lowest BCUT2D eigenvalue weighted by molar-refractivity contribution is -0.359. The Hall–Kier alpha value is -1.79. The number of unbranched alkanes of at least 4 members (excludes halogenated alkanes) is 23. The number of aliphatic hydroxyl groups is 8. The van der Waals surface area contributed by atoms with E-state index in [-0.39, 0.29) is 18.9 Å². The molecule has 9 N–H and O–H groups in total. The van der Waals surface area contributed by atoms with Crippen molar-refractivity contribution < 1.29 is 64.6 Å². The van der Waals surface area contributed by atoms with Crippen molar-refractivity contribution in [3.63, 3.8) is 0 Å². The van der Waals surface area contributed by atoms with Crippen LogP contribution in [0.15, 0.2) is 36.5 Å². The Bertz CT molecular complexity index is 1250. The van der Waals surface area contributed by atoms with E-state index in [0.717, 1.165) is 44.9 Å². The van der Waals surface area contributed by atoms with Gasteiger partial charge in [-0.2, -0.15) is 0 Å². The molecule has 1 amide bonds. The average molecular weight is 942 g/mol. The second-order valence-electron chi connectivity index (χ2n) is 18.6. The van der Waals surface area contributed by atoms with Crippen LogP contribution < -0.4 is 5.32 Å². The lowest BCUT2D eigenvalue weighted by atomic mass is 9.97. The number of ether oxygens (including phenoxy) is 4. The Kier molecular flexibility index (Phi) is 35.6. The van der Waals surface area contributed by atoms with Crippen molar-refractivity contribution in [2.24, 2.45) is 0 Å². The van der Waals surface area contributed by atoms with E-state index < -0.39 is 86.8 Å². The molecule has 0 spiro atoms. The third-order valence-corrected chi connectivity index (χ3v) is 12.8. The summed E-state index contributed by atoms with van der Waals surface area (Å²) in [6.07, 6.45) is 27.5. The molecule has 14 heteroatoms. The molecule has 386 valence electrons. The minimum Gasteiger partial charge on any atom is -0.394 e. The zero-order chi connectivity index (χ0) is 48.2. The molecule has 0 aliphatic carbocycles. The highest BCUT2D eigenvalue weighted by Crippen LogP contribution is 2.30. The summed E-state index contributed by atoms with van der Waals surface area (Å²) < 4.78 is 22.7. The standard InChI is InChI=1S/C52H95NO13/c1-3-5-7-9-11-13-15-17-19-21-23-25-27-29-31-33-35-41(56)40(53-44(57)36-34-32-30-28-26-24-22-20-18-16-14-12-10-8-6-4-2)39-63-51-49(62)47(60)50(43(38-55)65-51)66-52-48(61)46(59)45(58)42(37-54)64-52/h17,19,25,27,33,35,40-43,45-52,54-56,58-62H,3-16,18,20-24,26,28-32,34,36-39H2,1-2H3,(H,53,57)/b19-17+,27-25+,35-33+. The number of amides is 1. The van der Waals surface area contributed by atoms with E-state index in [4.69, 9.17) is 18.9 Å². The predicted molar refractivity (Wildman–Crippen MR) is 258 cm³/mol. The van der Waals surface area contributed by atoms with Crippen molar-refractivity contribution in [3.05, 3.63) is 36.5 Å². The summed E-state index contributed by atoms with van der Waals surface area (Å²) in [5, 5.41) is 86.7. The van der Waals surface area contributed by atoms with Gasteiger partial charge in [-0.15, -0.1) is 0 Å². The van der Waals surface area contributed by atoms with Crippen molar-refractivity contribution in [2.45, 2.75) is 267 Å². The molecule has 2 heterocycles. The van der Waals surface area contributed by atoms with Crippen LogP contribution in [0, 0.1) is 0 Å². The van der Waals surface area contributed by atoms with Crippen LogP contribution in [0.2, 0.25) is 0 Å². The Morgan fingerprint density at radius 1 is 0.530 bits per heavy atom. The van der Waals surface area contributed by atoms with Gasteiger partial charge in [0.1, 0.15) is 48.8 Å². The molecule has 12 atom stereocenters. The Labute approximate surface area is 398 Å². The first kappa shape index (κ1) is 60.3. The molecule has 0 bridgehead atoms. The fourth-order valence-electron chi connectivity index (χ4n) is 8.50. The van der Waals surface area contributed by atoms with Crippen molar-refractivity contribution >= 4 is 5.91 Å². The summed E-state index contributed by atoms with van der Waals surface area (Å²) in [6.45, 7) is 2.75. The quantitative estimate of drug-likeness (QED) is 0.0221. The minimum absolute atomic E-state index is 0.253. The zero-order valence-electron chi connectivity index (χ0n) is 40.9. The number of nitrogens with one attached hydrogen (secondary N) is 1. The lowest BCUT2D eigenvalue weighted by Crippen LogP contribution is -2.65. The third-order valence-electron chi connectivity index (χ3n) is 12.8. The van der Waals surface area contributed by atoms with E-state index in [1.54, 1.807) is 6.08 Å². The third kappa shape index (κ3) is 25.7. The molecule has 2 fully saturated rings. The second-order valence-corrected chi connectivity index (χ2v) is 18.6. The molecule has 0 radical (unpaired) electrons. The smallest absolute Gasteiger partial charge is 0.220 e. The number of aliphatic hydroxyl groups excluding tert-OH is 8. The van der Waals surface area contributed by atoms with Crippen LogP contribution in [-0.2, 0) is 23.7 Å². The van der Waals surface area contributed by atoms with Crippen LogP contribution in [0.4, 0.5) is 0 Å².